The highest BCUT2D eigenvalue weighted by Crippen LogP contribution is 2.31. The molecular weight excluding hydrogens is 347 g/mol. The van der Waals surface area contributed by atoms with Crippen LogP contribution in [0.25, 0.3) is 5.65 Å². The summed E-state index contributed by atoms with van der Waals surface area (Å²) in [6.07, 6.45) is -3.03. The highest BCUT2D eigenvalue weighted by molar-refractivity contribution is 5.49. The molecule has 26 heavy (non-hydrogen) atoms. The summed E-state index contributed by atoms with van der Waals surface area (Å²) in [4.78, 5) is 2.19. The number of aromatic hydroxyl groups is 1. The summed E-state index contributed by atoms with van der Waals surface area (Å²) in [5.74, 6) is -0.803. The summed E-state index contributed by atoms with van der Waals surface area (Å²) < 4.78 is 39.8. The molecule has 0 unspecified atom stereocenters. The zero-order chi connectivity index (χ0) is 18.3. The molecule has 0 amide bonds. The zero-order valence-corrected chi connectivity index (χ0v) is 13.7. The van der Waals surface area contributed by atoms with Crippen molar-refractivity contribution in [3.63, 3.8) is 0 Å². The number of halogens is 3. The van der Waals surface area contributed by atoms with Crippen LogP contribution in [0.5, 0.6) is 5.75 Å². The number of hydrogen-bond donors (Lipinski definition) is 1. The second-order valence-electron chi connectivity index (χ2n) is 6.33. The minimum atomic E-state index is -4.59. The summed E-state index contributed by atoms with van der Waals surface area (Å²) in [5.41, 5.74) is 1.72. The molecule has 0 spiro atoms. The molecule has 0 bridgehead atoms. The van der Waals surface area contributed by atoms with Gasteiger partial charge in [0.25, 0.3) is 5.82 Å². The summed E-state index contributed by atoms with van der Waals surface area (Å²) in [5, 5.41) is 20.3. The Balaban J connectivity index is 1.53. The summed E-state index contributed by atoms with van der Waals surface area (Å²) in [6.45, 7) is 1.53. The molecule has 0 saturated carbocycles. The fourth-order valence-electron chi connectivity index (χ4n) is 3.29. The van der Waals surface area contributed by atoms with E-state index in [1.54, 1.807) is 18.2 Å². The Morgan fingerprint density at radius 2 is 1.65 bits per heavy atom. The van der Waals surface area contributed by atoms with Gasteiger partial charge in [0, 0.05) is 24.7 Å². The summed E-state index contributed by atoms with van der Waals surface area (Å²) in [7, 11) is 0. The van der Waals surface area contributed by atoms with E-state index in [1.165, 1.54) is 6.07 Å². The molecule has 136 valence electrons. The number of hydrogen-bond acceptors (Lipinski definition) is 5. The van der Waals surface area contributed by atoms with E-state index in [0.29, 0.717) is 5.69 Å². The predicted molar refractivity (Wildman–Crippen MR) is 88.1 cm³/mol. The lowest BCUT2D eigenvalue weighted by Gasteiger charge is -2.33. The van der Waals surface area contributed by atoms with Crippen molar-refractivity contribution in [2.24, 2.45) is 0 Å². The lowest BCUT2D eigenvalue weighted by Crippen LogP contribution is -2.33. The van der Waals surface area contributed by atoms with Crippen LogP contribution in [-0.4, -0.2) is 38.0 Å². The van der Waals surface area contributed by atoms with Crippen LogP contribution in [0.1, 0.15) is 30.3 Å². The van der Waals surface area contributed by atoms with Crippen LogP contribution in [0.15, 0.2) is 36.4 Å². The second-order valence-corrected chi connectivity index (χ2v) is 6.33. The van der Waals surface area contributed by atoms with Crippen molar-refractivity contribution in [1.29, 1.82) is 0 Å². The first-order valence-electron chi connectivity index (χ1n) is 8.25. The molecule has 0 aliphatic carbocycles. The maximum atomic E-state index is 13.0. The van der Waals surface area contributed by atoms with E-state index >= 15 is 0 Å². The summed E-state index contributed by atoms with van der Waals surface area (Å²) in [6, 6.07) is 10.2. The number of aromatic nitrogens is 4. The van der Waals surface area contributed by atoms with Gasteiger partial charge in [0.1, 0.15) is 5.75 Å². The quantitative estimate of drug-likeness (QED) is 0.757. The molecule has 9 heteroatoms. The molecule has 1 aliphatic heterocycles. The normalized spacial score (nSPS) is 16.3. The number of anilines is 1. The largest absolute Gasteiger partial charge is 0.508 e. The van der Waals surface area contributed by atoms with Gasteiger partial charge in [-0.2, -0.15) is 22.8 Å². The summed E-state index contributed by atoms with van der Waals surface area (Å²) >= 11 is 0. The van der Waals surface area contributed by atoms with E-state index in [1.807, 2.05) is 12.1 Å². The molecule has 1 fully saturated rings. The molecule has 3 heterocycles. The first-order chi connectivity index (χ1) is 12.4. The van der Waals surface area contributed by atoms with Crippen molar-refractivity contribution in [2.75, 3.05) is 18.0 Å². The highest BCUT2D eigenvalue weighted by atomic mass is 19.4. The topological polar surface area (TPSA) is 66.5 Å². The maximum absolute atomic E-state index is 13.0. The van der Waals surface area contributed by atoms with Gasteiger partial charge in [-0.25, -0.2) is 0 Å². The fourth-order valence-corrected chi connectivity index (χ4v) is 3.29. The van der Waals surface area contributed by atoms with Gasteiger partial charge in [-0.1, -0.05) is 0 Å². The molecule has 1 saturated heterocycles. The molecule has 0 radical (unpaired) electrons. The molecule has 1 aromatic carbocycles. The second kappa shape index (κ2) is 6.15. The number of piperidine rings is 1. The fraction of sp³-hybridized carbons (Fsp3) is 0.353. The van der Waals surface area contributed by atoms with E-state index in [9.17, 15) is 18.3 Å². The van der Waals surface area contributed by atoms with E-state index in [4.69, 9.17) is 0 Å². The van der Waals surface area contributed by atoms with Crippen molar-refractivity contribution in [3.8, 4) is 5.75 Å². The van der Waals surface area contributed by atoms with Gasteiger partial charge in [0.15, 0.2) is 5.65 Å². The van der Waals surface area contributed by atoms with Gasteiger partial charge in [0.2, 0.25) is 0 Å². The van der Waals surface area contributed by atoms with Crippen molar-refractivity contribution in [2.45, 2.75) is 24.9 Å². The van der Waals surface area contributed by atoms with Crippen molar-refractivity contribution < 1.29 is 18.3 Å². The third-order valence-electron chi connectivity index (χ3n) is 4.67. The van der Waals surface area contributed by atoms with Crippen LogP contribution in [0.3, 0.4) is 0 Å². The third-order valence-corrected chi connectivity index (χ3v) is 4.67. The van der Waals surface area contributed by atoms with Crippen molar-refractivity contribution in [3.05, 3.63) is 47.9 Å². The standard InChI is InChI=1S/C17H16F3N5O/c18-17(19,20)16-22-21-15-6-5-14(23-25(15)16)11-7-9-24(10-8-11)12-1-3-13(26)4-2-12/h1-6,11,26H,7-10H2. The Morgan fingerprint density at radius 1 is 0.962 bits per heavy atom. The molecular formula is C17H16F3N5O. The molecule has 1 N–H and O–H groups in total. The van der Waals surface area contributed by atoms with Gasteiger partial charge in [-0.15, -0.1) is 10.2 Å². The van der Waals surface area contributed by atoms with Crippen LogP contribution in [0.4, 0.5) is 18.9 Å². The highest BCUT2D eigenvalue weighted by Gasteiger charge is 2.38. The lowest BCUT2D eigenvalue weighted by molar-refractivity contribution is -0.146. The average molecular weight is 363 g/mol. The number of alkyl halides is 3. The van der Waals surface area contributed by atoms with Crippen LogP contribution in [-0.2, 0) is 6.18 Å². The van der Waals surface area contributed by atoms with Gasteiger partial charge in [0.05, 0.1) is 5.69 Å². The number of benzene rings is 1. The van der Waals surface area contributed by atoms with Crippen LogP contribution in [0.2, 0.25) is 0 Å². The Hall–Kier alpha value is -2.84. The van der Waals surface area contributed by atoms with Gasteiger partial charge < -0.3 is 10.0 Å². The Morgan fingerprint density at radius 3 is 2.31 bits per heavy atom. The van der Waals surface area contributed by atoms with Crippen molar-refractivity contribution in [1.82, 2.24) is 19.8 Å². The minimum absolute atomic E-state index is 0.0799. The minimum Gasteiger partial charge on any atom is -0.508 e. The SMILES string of the molecule is Oc1ccc(N2CCC(c3ccc4nnc(C(F)(F)F)n4n3)CC2)cc1. The number of rotatable bonds is 2. The first kappa shape index (κ1) is 16.6. The Labute approximate surface area is 146 Å². The zero-order valence-electron chi connectivity index (χ0n) is 13.7. The average Bonchev–Trinajstić information content (AvgIpc) is 3.06. The van der Waals surface area contributed by atoms with Crippen LogP contribution >= 0.6 is 0 Å². The number of nitrogens with zero attached hydrogens (tertiary/aromatic N) is 5. The van der Waals surface area contributed by atoms with E-state index in [2.05, 4.69) is 20.2 Å². The number of phenols is 1. The lowest BCUT2D eigenvalue weighted by atomic mass is 9.93. The predicted octanol–water partition coefficient (Wildman–Crippen LogP) is 3.23. The van der Waals surface area contributed by atoms with Crippen molar-refractivity contribution >= 4 is 11.3 Å². The maximum Gasteiger partial charge on any atom is 0.453 e. The van der Waals surface area contributed by atoms with Crippen LogP contribution in [0, 0.1) is 0 Å². The monoisotopic (exact) mass is 363 g/mol. The van der Waals surface area contributed by atoms with Gasteiger partial charge in [-0.3, -0.25) is 0 Å². The third kappa shape index (κ3) is 3.04. The van der Waals surface area contributed by atoms with E-state index in [0.717, 1.165) is 36.1 Å². The Kier molecular flexibility index (Phi) is 3.93. The van der Waals surface area contributed by atoms with E-state index in [-0.39, 0.29) is 17.3 Å². The molecule has 6 nitrogen and oxygen atoms in total. The first-order valence-corrected chi connectivity index (χ1v) is 8.25. The Bertz CT molecular complexity index is 914. The smallest absolute Gasteiger partial charge is 0.453 e. The molecule has 2 aromatic heterocycles. The molecule has 1 aliphatic rings. The number of fused-ring (bicyclic) bond motifs is 1. The molecule has 3 aromatic rings. The molecule has 4 rings (SSSR count). The van der Waals surface area contributed by atoms with E-state index < -0.39 is 12.0 Å². The van der Waals surface area contributed by atoms with Gasteiger partial charge >= 0.3 is 6.18 Å². The number of phenolic OH excluding ortho intramolecular Hbond substituents is 1. The van der Waals surface area contributed by atoms with Gasteiger partial charge in [-0.05, 0) is 49.2 Å². The molecule has 0 atom stereocenters. The van der Waals surface area contributed by atoms with Crippen LogP contribution < -0.4 is 4.90 Å².